The molecule has 0 radical (unpaired) electrons. The van der Waals surface area contributed by atoms with Crippen molar-refractivity contribution in [1.82, 2.24) is 15.2 Å². The van der Waals surface area contributed by atoms with Crippen molar-refractivity contribution >= 4 is 10.9 Å². The van der Waals surface area contributed by atoms with Crippen LogP contribution in [0.2, 0.25) is 0 Å². The third-order valence-corrected chi connectivity index (χ3v) is 6.44. The number of aromatic nitrogens is 4. The molecular formula is C30H27FIrN4+. The predicted molar refractivity (Wildman–Crippen MR) is 135 cm³/mol. The second kappa shape index (κ2) is 9.68. The van der Waals surface area contributed by atoms with Gasteiger partial charge in [0.1, 0.15) is 5.52 Å². The Balaban J connectivity index is 0.000000172. The molecule has 0 N–H and O–H groups in total. The SMILES string of the molecule is CC(C)(C)c1cc(-c2ccccn2)[n-]n1.CC1(C)c2c([c-]ccc2F)-[n+]2[c-]ccc3cccc1c32.[Ir+3]. The number of hydrogen-bond donors (Lipinski definition) is 0. The second-order valence-corrected chi connectivity index (χ2v) is 10.3. The molecule has 4 nitrogen and oxygen atoms in total. The van der Waals surface area contributed by atoms with Crippen molar-refractivity contribution in [1.29, 1.82) is 0 Å². The minimum absolute atomic E-state index is 0. The van der Waals surface area contributed by atoms with E-state index in [4.69, 9.17) is 0 Å². The second-order valence-electron chi connectivity index (χ2n) is 10.3. The van der Waals surface area contributed by atoms with Crippen LogP contribution in [0.5, 0.6) is 0 Å². The molecule has 1 aliphatic heterocycles. The van der Waals surface area contributed by atoms with E-state index in [2.05, 4.69) is 74.2 Å². The Morgan fingerprint density at radius 3 is 2.50 bits per heavy atom. The molecule has 6 rings (SSSR count). The Morgan fingerprint density at radius 1 is 1.00 bits per heavy atom. The third-order valence-electron chi connectivity index (χ3n) is 6.44. The van der Waals surface area contributed by atoms with Crippen molar-refractivity contribution in [2.75, 3.05) is 0 Å². The molecule has 6 heteroatoms. The number of nitrogens with zero attached hydrogens (tertiary/aromatic N) is 4. The van der Waals surface area contributed by atoms with Gasteiger partial charge in [0.25, 0.3) is 0 Å². The Labute approximate surface area is 225 Å². The molecule has 0 spiro atoms. The topological polar surface area (TPSA) is 43.8 Å². The quantitative estimate of drug-likeness (QED) is 0.167. The van der Waals surface area contributed by atoms with E-state index in [1.807, 2.05) is 47.0 Å². The first kappa shape index (κ1) is 25.9. The van der Waals surface area contributed by atoms with Gasteiger partial charge in [0, 0.05) is 34.5 Å². The molecule has 1 aliphatic rings. The van der Waals surface area contributed by atoms with E-state index in [0.717, 1.165) is 39.2 Å². The zero-order chi connectivity index (χ0) is 24.8. The number of benzene rings is 2. The number of rotatable bonds is 1. The van der Waals surface area contributed by atoms with Gasteiger partial charge in [0.2, 0.25) is 0 Å². The minimum Gasteiger partial charge on any atom is -0.573 e. The number of fused-ring (bicyclic) bond motifs is 2. The summed E-state index contributed by atoms with van der Waals surface area (Å²) in [6, 6.07) is 24.2. The van der Waals surface area contributed by atoms with Crippen LogP contribution in [0.3, 0.4) is 0 Å². The molecule has 0 amide bonds. The van der Waals surface area contributed by atoms with Crippen molar-refractivity contribution in [2.45, 2.75) is 45.4 Å². The first-order valence-electron chi connectivity index (χ1n) is 11.7. The monoisotopic (exact) mass is 655 g/mol. The number of para-hydroxylation sites is 1. The van der Waals surface area contributed by atoms with Crippen LogP contribution in [0, 0.1) is 18.1 Å². The average molecular weight is 655 g/mol. The van der Waals surface area contributed by atoms with Crippen LogP contribution in [-0.4, -0.2) is 10.1 Å². The number of pyridine rings is 2. The van der Waals surface area contributed by atoms with Crippen molar-refractivity contribution < 1.29 is 29.1 Å². The summed E-state index contributed by atoms with van der Waals surface area (Å²) in [7, 11) is 0. The predicted octanol–water partition coefficient (Wildman–Crippen LogP) is 5.89. The Bertz CT molecular complexity index is 1510. The molecule has 0 saturated heterocycles. The molecule has 0 fully saturated rings. The van der Waals surface area contributed by atoms with Gasteiger partial charge in [-0.1, -0.05) is 82.3 Å². The van der Waals surface area contributed by atoms with Crippen molar-refractivity contribution in [3.05, 3.63) is 108 Å². The first-order chi connectivity index (χ1) is 16.7. The average Bonchev–Trinajstić information content (AvgIpc) is 3.35. The van der Waals surface area contributed by atoms with E-state index in [1.165, 1.54) is 6.07 Å². The summed E-state index contributed by atoms with van der Waals surface area (Å²) in [5.74, 6) is -0.184. The summed E-state index contributed by atoms with van der Waals surface area (Å²) in [5.41, 5.74) is 6.05. The molecule has 3 aromatic heterocycles. The number of halogens is 1. The zero-order valence-electron chi connectivity index (χ0n) is 20.9. The van der Waals surface area contributed by atoms with Crippen LogP contribution in [0.1, 0.15) is 51.4 Å². The molecular weight excluding hydrogens is 628 g/mol. The summed E-state index contributed by atoms with van der Waals surface area (Å²) in [4.78, 5) is 4.24. The van der Waals surface area contributed by atoms with Gasteiger partial charge in [-0.3, -0.25) is 9.55 Å². The Morgan fingerprint density at radius 2 is 1.81 bits per heavy atom. The van der Waals surface area contributed by atoms with Crippen LogP contribution in [0.25, 0.3) is 28.0 Å². The maximum Gasteiger partial charge on any atom is 3.00 e. The standard InChI is InChI=1S/C18H13FN.C12H14N3.Ir/c1-18(2)13-8-3-6-12-7-5-11-20(17(12)13)15-10-4-9-14(19)16(15)18;1-12(2,3)11-8-10(14-15-11)9-6-4-5-7-13-9;/h3-9H,1-2H3;4-8H,1-3H3;/q2*-1;+3. The van der Waals surface area contributed by atoms with Gasteiger partial charge < -0.3 is 10.2 Å². The van der Waals surface area contributed by atoms with Gasteiger partial charge in [-0.15, -0.1) is 12.1 Å². The van der Waals surface area contributed by atoms with Gasteiger partial charge in [-0.2, -0.15) is 12.1 Å². The maximum absolute atomic E-state index is 14.4. The van der Waals surface area contributed by atoms with E-state index in [0.29, 0.717) is 5.56 Å². The summed E-state index contributed by atoms with van der Waals surface area (Å²) in [6.07, 6.45) is 4.96. The van der Waals surface area contributed by atoms with E-state index in [9.17, 15) is 4.39 Å². The van der Waals surface area contributed by atoms with Crippen molar-refractivity contribution in [2.24, 2.45) is 0 Å². The molecule has 2 aromatic carbocycles. The van der Waals surface area contributed by atoms with Gasteiger partial charge in [-0.25, -0.2) is 4.39 Å². The molecule has 5 aromatic rings. The normalized spacial score (nSPS) is 13.3. The molecule has 0 unspecified atom stereocenters. The van der Waals surface area contributed by atoms with E-state index < -0.39 is 0 Å². The van der Waals surface area contributed by atoms with Crippen LogP contribution in [0.4, 0.5) is 4.39 Å². The van der Waals surface area contributed by atoms with Gasteiger partial charge in [-0.05, 0) is 28.5 Å². The molecule has 182 valence electrons. The van der Waals surface area contributed by atoms with Crippen LogP contribution < -0.4 is 9.67 Å². The summed E-state index contributed by atoms with van der Waals surface area (Å²) >= 11 is 0. The van der Waals surface area contributed by atoms with Crippen LogP contribution in [0.15, 0.2) is 72.9 Å². The largest absolute Gasteiger partial charge is 3.00 e. The summed E-state index contributed by atoms with van der Waals surface area (Å²) in [6.45, 7) is 10.5. The molecule has 0 aliphatic carbocycles. The van der Waals surface area contributed by atoms with Crippen LogP contribution >= 0.6 is 0 Å². The zero-order valence-corrected chi connectivity index (χ0v) is 23.3. The van der Waals surface area contributed by atoms with Gasteiger partial charge in [0.05, 0.1) is 0 Å². The molecule has 0 bridgehead atoms. The van der Waals surface area contributed by atoms with Crippen molar-refractivity contribution in [3.63, 3.8) is 0 Å². The summed E-state index contributed by atoms with van der Waals surface area (Å²) < 4.78 is 16.3. The fourth-order valence-electron chi connectivity index (χ4n) is 4.56. The van der Waals surface area contributed by atoms with Crippen LogP contribution in [-0.2, 0) is 30.9 Å². The molecule has 36 heavy (non-hydrogen) atoms. The Hall–Kier alpha value is -3.21. The van der Waals surface area contributed by atoms with Gasteiger partial charge in [0.15, 0.2) is 6.20 Å². The molecule has 0 atom stereocenters. The van der Waals surface area contributed by atoms with Crippen molar-refractivity contribution in [3.8, 4) is 17.1 Å². The van der Waals surface area contributed by atoms with E-state index in [1.54, 1.807) is 12.3 Å². The fraction of sp³-hybridized carbons (Fsp3) is 0.233. The first-order valence-corrected chi connectivity index (χ1v) is 11.7. The third kappa shape index (κ3) is 4.52. The molecule has 0 saturated carbocycles. The maximum atomic E-state index is 14.4. The van der Waals surface area contributed by atoms with E-state index in [-0.39, 0.29) is 36.8 Å². The number of hydrogen-bond acceptors (Lipinski definition) is 2. The summed E-state index contributed by atoms with van der Waals surface area (Å²) in [5, 5.41) is 9.45. The molecule has 4 heterocycles. The van der Waals surface area contributed by atoms with E-state index >= 15 is 0 Å². The minimum atomic E-state index is -0.383. The smallest absolute Gasteiger partial charge is 0.573 e. The van der Waals surface area contributed by atoms with Gasteiger partial charge >= 0.3 is 20.1 Å². The fourth-order valence-corrected chi connectivity index (χ4v) is 4.56. The Kier molecular flexibility index (Phi) is 6.96.